The number of anilines is 1. The highest BCUT2D eigenvalue weighted by Crippen LogP contribution is 2.19. The number of aromatic amines is 1. The van der Waals surface area contributed by atoms with E-state index in [2.05, 4.69) is 15.2 Å². The van der Waals surface area contributed by atoms with Gasteiger partial charge in [-0.15, -0.1) is 0 Å². The predicted octanol–water partition coefficient (Wildman–Crippen LogP) is 2.90. The molecule has 7 heteroatoms. The van der Waals surface area contributed by atoms with Crippen molar-refractivity contribution in [2.45, 2.75) is 0 Å². The second kappa shape index (κ2) is 7.94. The standard InChI is InChI=1S/C21H21ClN4O2/c22-16-5-7-17(8-6-16)25-9-11-26(12-10-25)20(27)14-23-21(28)19-13-15-3-1-2-4-18(15)24-19/h1-8,13,24H,9-12,14H2,(H,23,28). The summed E-state index contributed by atoms with van der Waals surface area (Å²) < 4.78 is 0. The minimum Gasteiger partial charge on any atom is -0.368 e. The van der Waals surface area contributed by atoms with E-state index in [1.807, 2.05) is 48.5 Å². The summed E-state index contributed by atoms with van der Waals surface area (Å²) in [5, 5.41) is 4.40. The molecular formula is C21H21ClN4O2. The number of nitrogens with zero attached hydrogens (tertiary/aromatic N) is 2. The van der Waals surface area contributed by atoms with E-state index in [0.717, 1.165) is 29.7 Å². The molecule has 1 aliphatic rings. The molecule has 6 nitrogen and oxygen atoms in total. The summed E-state index contributed by atoms with van der Waals surface area (Å²) in [5.74, 6) is -0.343. The van der Waals surface area contributed by atoms with Gasteiger partial charge in [0.1, 0.15) is 5.69 Å². The molecule has 2 aromatic carbocycles. The topological polar surface area (TPSA) is 68.4 Å². The number of carbonyl (C=O) groups is 2. The van der Waals surface area contributed by atoms with Crippen molar-refractivity contribution in [3.8, 4) is 0 Å². The van der Waals surface area contributed by atoms with E-state index < -0.39 is 0 Å². The SMILES string of the molecule is O=C(NCC(=O)N1CCN(c2ccc(Cl)cc2)CC1)c1cc2ccccc2[nH]1. The molecule has 2 heterocycles. The number of H-pyrrole nitrogens is 1. The van der Waals surface area contributed by atoms with E-state index >= 15 is 0 Å². The first-order valence-corrected chi connectivity index (χ1v) is 9.62. The van der Waals surface area contributed by atoms with Gasteiger partial charge < -0.3 is 20.1 Å². The molecule has 2 amide bonds. The van der Waals surface area contributed by atoms with Gasteiger partial charge in [0.2, 0.25) is 5.91 Å². The molecule has 2 N–H and O–H groups in total. The second-order valence-electron chi connectivity index (χ2n) is 6.80. The summed E-state index contributed by atoms with van der Waals surface area (Å²) in [5.41, 5.74) is 2.46. The van der Waals surface area contributed by atoms with Gasteiger partial charge >= 0.3 is 0 Å². The number of amides is 2. The molecule has 1 fully saturated rings. The summed E-state index contributed by atoms with van der Waals surface area (Å²) in [4.78, 5) is 31.9. The van der Waals surface area contributed by atoms with Crippen LogP contribution in [-0.4, -0.2) is 54.4 Å². The zero-order chi connectivity index (χ0) is 19.5. The van der Waals surface area contributed by atoms with Crippen LogP contribution in [0.3, 0.4) is 0 Å². The molecule has 1 aliphatic heterocycles. The first-order chi connectivity index (χ1) is 13.6. The lowest BCUT2D eigenvalue weighted by molar-refractivity contribution is -0.130. The zero-order valence-electron chi connectivity index (χ0n) is 15.3. The van der Waals surface area contributed by atoms with Crippen LogP contribution in [0.4, 0.5) is 5.69 Å². The Morgan fingerprint density at radius 2 is 1.71 bits per heavy atom. The van der Waals surface area contributed by atoms with Crippen LogP contribution < -0.4 is 10.2 Å². The van der Waals surface area contributed by atoms with Gasteiger partial charge in [0.15, 0.2) is 0 Å². The fourth-order valence-electron chi connectivity index (χ4n) is 3.42. The fraction of sp³-hybridized carbons (Fsp3) is 0.238. The molecule has 1 aromatic heterocycles. The number of piperazine rings is 1. The van der Waals surface area contributed by atoms with Gasteiger partial charge in [0, 0.05) is 47.8 Å². The molecule has 0 saturated carbocycles. The third kappa shape index (κ3) is 3.97. The van der Waals surface area contributed by atoms with Crippen LogP contribution in [0.2, 0.25) is 5.02 Å². The number of para-hydroxylation sites is 1. The van der Waals surface area contributed by atoms with E-state index in [-0.39, 0.29) is 18.4 Å². The van der Waals surface area contributed by atoms with Gasteiger partial charge in [0.05, 0.1) is 6.54 Å². The number of fused-ring (bicyclic) bond motifs is 1. The molecule has 0 atom stereocenters. The Morgan fingerprint density at radius 3 is 2.43 bits per heavy atom. The minimum absolute atomic E-state index is 0.00482. The molecule has 0 radical (unpaired) electrons. The number of carbonyl (C=O) groups excluding carboxylic acids is 2. The van der Waals surface area contributed by atoms with Gasteiger partial charge in [-0.25, -0.2) is 0 Å². The van der Waals surface area contributed by atoms with Gasteiger partial charge in [-0.3, -0.25) is 9.59 Å². The van der Waals surface area contributed by atoms with E-state index in [9.17, 15) is 9.59 Å². The summed E-state index contributed by atoms with van der Waals surface area (Å²) >= 11 is 5.93. The molecule has 3 aromatic rings. The lowest BCUT2D eigenvalue weighted by atomic mass is 10.2. The van der Waals surface area contributed by atoms with Crippen LogP contribution in [0, 0.1) is 0 Å². The summed E-state index contributed by atoms with van der Waals surface area (Å²) in [7, 11) is 0. The predicted molar refractivity (Wildman–Crippen MR) is 111 cm³/mol. The Hall–Kier alpha value is -2.99. The first kappa shape index (κ1) is 18.4. The van der Waals surface area contributed by atoms with Crippen molar-refractivity contribution < 1.29 is 9.59 Å². The number of hydrogen-bond acceptors (Lipinski definition) is 3. The Balaban J connectivity index is 1.28. The second-order valence-corrected chi connectivity index (χ2v) is 7.23. The highest BCUT2D eigenvalue weighted by atomic mass is 35.5. The van der Waals surface area contributed by atoms with Crippen LogP contribution >= 0.6 is 11.6 Å². The quantitative estimate of drug-likeness (QED) is 0.712. The minimum atomic E-state index is -0.274. The monoisotopic (exact) mass is 396 g/mol. The van der Waals surface area contributed by atoms with Crippen molar-refractivity contribution in [1.29, 1.82) is 0 Å². The number of rotatable bonds is 4. The molecule has 4 rings (SSSR count). The fourth-order valence-corrected chi connectivity index (χ4v) is 3.55. The molecular weight excluding hydrogens is 376 g/mol. The van der Waals surface area contributed by atoms with E-state index in [1.54, 1.807) is 11.0 Å². The number of hydrogen-bond donors (Lipinski definition) is 2. The Labute approximate surface area is 168 Å². The maximum Gasteiger partial charge on any atom is 0.268 e. The number of nitrogens with one attached hydrogen (secondary N) is 2. The number of halogens is 1. The normalized spacial score (nSPS) is 14.3. The highest BCUT2D eigenvalue weighted by Gasteiger charge is 2.22. The third-order valence-electron chi connectivity index (χ3n) is 5.00. The van der Waals surface area contributed by atoms with Crippen molar-refractivity contribution >= 4 is 40.0 Å². The lowest BCUT2D eigenvalue weighted by Gasteiger charge is -2.36. The van der Waals surface area contributed by atoms with E-state index in [1.165, 1.54) is 0 Å². The number of benzene rings is 2. The molecule has 28 heavy (non-hydrogen) atoms. The molecule has 144 valence electrons. The van der Waals surface area contributed by atoms with Gasteiger partial charge in [-0.1, -0.05) is 29.8 Å². The average Bonchev–Trinajstić information content (AvgIpc) is 3.17. The number of aromatic nitrogens is 1. The van der Waals surface area contributed by atoms with Gasteiger partial charge in [-0.05, 0) is 36.4 Å². The van der Waals surface area contributed by atoms with Crippen LogP contribution in [0.25, 0.3) is 10.9 Å². The Kier molecular flexibility index (Phi) is 5.21. The smallest absolute Gasteiger partial charge is 0.268 e. The maximum absolute atomic E-state index is 12.5. The molecule has 0 aliphatic carbocycles. The zero-order valence-corrected chi connectivity index (χ0v) is 16.1. The first-order valence-electron chi connectivity index (χ1n) is 9.24. The summed E-state index contributed by atoms with van der Waals surface area (Å²) in [6.45, 7) is 2.76. The highest BCUT2D eigenvalue weighted by molar-refractivity contribution is 6.30. The van der Waals surface area contributed by atoms with Gasteiger partial charge in [-0.2, -0.15) is 0 Å². The van der Waals surface area contributed by atoms with Gasteiger partial charge in [0.25, 0.3) is 5.91 Å². The van der Waals surface area contributed by atoms with E-state index in [4.69, 9.17) is 11.6 Å². The van der Waals surface area contributed by atoms with Crippen molar-refractivity contribution in [2.24, 2.45) is 0 Å². The summed E-state index contributed by atoms with van der Waals surface area (Å²) in [6.07, 6.45) is 0. The van der Waals surface area contributed by atoms with Crippen molar-refractivity contribution in [2.75, 3.05) is 37.6 Å². The largest absolute Gasteiger partial charge is 0.368 e. The molecule has 0 bridgehead atoms. The molecule has 0 spiro atoms. The Bertz CT molecular complexity index is 958. The average molecular weight is 397 g/mol. The van der Waals surface area contributed by atoms with Crippen molar-refractivity contribution in [3.63, 3.8) is 0 Å². The van der Waals surface area contributed by atoms with E-state index in [0.29, 0.717) is 23.8 Å². The van der Waals surface area contributed by atoms with Crippen LogP contribution in [0.1, 0.15) is 10.5 Å². The van der Waals surface area contributed by atoms with Crippen LogP contribution in [-0.2, 0) is 4.79 Å². The molecule has 1 saturated heterocycles. The maximum atomic E-state index is 12.5. The van der Waals surface area contributed by atoms with Crippen LogP contribution in [0.15, 0.2) is 54.6 Å². The summed E-state index contributed by atoms with van der Waals surface area (Å²) in [6, 6.07) is 17.2. The van der Waals surface area contributed by atoms with Crippen molar-refractivity contribution in [1.82, 2.24) is 15.2 Å². The third-order valence-corrected chi connectivity index (χ3v) is 5.25. The Morgan fingerprint density at radius 1 is 1.00 bits per heavy atom. The molecule has 0 unspecified atom stereocenters. The van der Waals surface area contributed by atoms with Crippen LogP contribution in [0.5, 0.6) is 0 Å². The van der Waals surface area contributed by atoms with Crippen molar-refractivity contribution in [3.05, 3.63) is 65.3 Å². The lowest BCUT2D eigenvalue weighted by Crippen LogP contribution is -2.51.